The van der Waals surface area contributed by atoms with Gasteiger partial charge in [0.15, 0.2) is 0 Å². The number of carbonyl (C=O) groups is 1. The van der Waals surface area contributed by atoms with Gasteiger partial charge in [-0.2, -0.15) is 5.10 Å². The van der Waals surface area contributed by atoms with Gasteiger partial charge in [-0.25, -0.2) is 14.4 Å². The van der Waals surface area contributed by atoms with Gasteiger partial charge in [-0.15, -0.1) is 0 Å². The molecule has 0 saturated carbocycles. The summed E-state index contributed by atoms with van der Waals surface area (Å²) in [6.45, 7) is 1.46. The first-order valence-electron chi connectivity index (χ1n) is 9.83. The zero-order valence-corrected chi connectivity index (χ0v) is 18.0. The second kappa shape index (κ2) is 8.91. The Morgan fingerprint density at radius 1 is 1.06 bits per heavy atom. The number of pyridine rings is 3. The molecule has 4 aromatic rings. The van der Waals surface area contributed by atoms with E-state index < -0.39 is 17.3 Å². The third kappa shape index (κ3) is 4.87. The van der Waals surface area contributed by atoms with Crippen molar-refractivity contribution in [3.05, 3.63) is 82.5 Å². The fourth-order valence-electron chi connectivity index (χ4n) is 2.96. The maximum absolute atomic E-state index is 13.9. The van der Waals surface area contributed by atoms with Gasteiger partial charge in [0.1, 0.15) is 34.5 Å². The molecular weight excluding hydrogens is 429 g/mol. The molecule has 33 heavy (non-hydrogen) atoms. The number of nitrogens with zero attached hydrogens (tertiary/aromatic N) is 5. The summed E-state index contributed by atoms with van der Waals surface area (Å²) < 4.78 is 22.5. The molecule has 168 valence electrons. The quantitative estimate of drug-likeness (QED) is 0.465. The molecular formula is C22H20FN7O3. The minimum Gasteiger partial charge on any atom is -0.456 e. The van der Waals surface area contributed by atoms with Crippen molar-refractivity contribution in [3.63, 3.8) is 0 Å². The van der Waals surface area contributed by atoms with Gasteiger partial charge < -0.3 is 19.9 Å². The maximum Gasteiger partial charge on any atom is 0.263 e. The van der Waals surface area contributed by atoms with Crippen molar-refractivity contribution in [3.8, 4) is 11.5 Å². The molecule has 4 aromatic heterocycles. The molecule has 4 rings (SSSR count). The van der Waals surface area contributed by atoms with Crippen LogP contribution in [-0.2, 0) is 14.1 Å². The van der Waals surface area contributed by atoms with Gasteiger partial charge in [0, 0.05) is 32.6 Å². The lowest BCUT2D eigenvalue weighted by Crippen LogP contribution is -2.29. The number of halogens is 1. The summed E-state index contributed by atoms with van der Waals surface area (Å²) in [5, 5.41) is 9.70. The van der Waals surface area contributed by atoms with Gasteiger partial charge in [-0.1, -0.05) is 0 Å². The Hall–Kier alpha value is -4.54. The Labute approximate surface area is 187 Å². The summed E-state index contributed by atoms with van der Waals surface area (Å²) >= 11 is 0. The number of hydrogen-bond donors (Lipinski definition) is 2. The van der Waals surface area contributed by atoms with Crippen LogP contribution in [-0.4, -0.2) is 30.2 Å². The summed E-state index contributed by atoms with van der Waals surface area (Å²) in [6.07, 6.45) is 6.50. The van der Waals surface area contributed by atoms with Crippen LogP contribution in [0.2, 0.25) is 0 Å². The monoisotopic (exact) mass is 449 g/mol. The standard InChI is InChI=1S/C22H20FN7O3/c1-13-18(23)9-17(22(32)30(13)3)21(31)28-19-5-4-16(11-25-19)33-15-6-7-24-20(8-15)27-14-10-26-29(2)12-14/h4-12H,1-3H3,(H,24,27)(H,25,28,31). The molecule has 0 radical (unpaired) electrons. The molecule has 0 aliphatic carbocycles. The van der Waals surface area contributed by atoms with E-state index in [4.69, 9.17) is 4.74 Å². The van der Waals surface area contributed by atoms with E-state index in [1.165, 1.54) is 26.2 Å². The highest BCUT2D eigenvalue weighted by molar-refractivity contribution is 6.03. The van der Waals surface area contributed by atoms with Crippen LogP contribution in [0.5, 0.6) is 11.5 Å². The van der Waals surface area contributed by atoms with E-state index >= 15 is 0 Å². The molecule has 0 aromatic carbocycles. The van der Waals surface area contributed by atoms with E-state index in [0.29, 0.717) is 17.3 Å². The lowest BCUT2D eigenvalue weighted by atomic mass is 10.2. The fourth-order valence-corrected chi connectivity index (χ4v) is 2.96. The van der Waals surface area contributed by atoms with Crippen molar-refractivity contribution >= 4 is 23.2 Å². The smallest absolute Gasteiger partial charge is 0.263 e. The van der Waals surface area contributed by atoms with Gasteiger partial charge in [0.05, 0.1) is 23.8 Å². The van der Waals surface area contributed by atoms with Crippen molar-refractivity contribution in [1.82, 2.24) is 24.3 Å². The van der Waals surface area contributed by atoms with E-state index in [9.17, 15) is 14.0 Å². The van der Waals surface area contributed by atoms with Crippen LogP contribution < -0.4 is 20.9 Å². The van der Waals surface area contributed by atoms with Crippen LogP contribution in [0.15, 0.2) is 59.9 Å². The molecule has 10 nitrogen and oxygen atoms in total. The first kappa shape index (κ1) is 21.7. The number of nitrogens with one attached hydrogen (secondary N) is 2. The Bertz CT molecular complexity index is 1380. The number of aryl methyl sites for hydroxylation is 1. The highest BCUT2D eigenvalue weighted by atomic mass is 19.1. The number of anilines is 3. The van der Waals surface area contributed by atoms with Crippen LogP contribution in [0, 0.1) is 12.7 Å². The Kier molecular flexibility index (Phi) is 5.85. The average Bonchev–Trinajstić information content (AvgIpc) is 3.20. The topological polar surface area (TPSA) is 116 Å². The minimum atomic E-state index is -0.754. The van der Waals surface area contributed by atoms with Crippen LogP contribution in [0.25, 0.3) is 0 Å². The predicted molar refractivity (Wildman–Crippen MR) is 119 cm³/mol. The normalized spacial score (nSPS) is 10.7. The molecule has 0 spiro atoms. The summed E-state index contributed by atoms with van der Waals surface area (Å²) in [5.41, 5.74) is 0.0196. The Morgan fingerprint density at radius 2 is 1.88 bits per heavy atom. The van der Waals surface area contributed by atoms with Crippen molar-refractivity contribution in [2.45, 2.75) is 6.92 Å². The molecule has 0 bridgehead atoms. The van der Waals surface area contributed by atoms with Gasteiger partial charge in [-0.3, -0.25) is 14.3 Å². The molecule has 0 fully saturated rings. The molecule has 0 atom stereocenters. The molecule has 11 heteroatoms. The van der Waals surface area contributed by atoms with Crippen molar-refractivity contribution in [1.29, 1.82) is 0 Å². The number of aromatic nitrogens is 5. The molecule has 0 unspecified atom stereocenters. The molecule has 0 saturated heterocycles. The summed E-state index contributed by atoms with van der Waals surface area (Å²) in [7, 11) is 3.22. The highest BCUT2D eigenvalue weighted by Crippen LogP contribution is 2.24. The highest BCUT2D eigenvalue weighted by Gasteiger charge is 2.16. The van der Waals surface area contributed by atoms with Crippen LogP contribution in [0.1, 0.15) is 16.1 Å². The second-order valence-corrected chi connectivity index (χ2v) is 7.20. The van der Waals surface area contributed by atoms with Crippen molar-refractivity contribution < 1.29 is 13.9 Å². The van der Waals surface area contributed by atoms with E-state index in [0.717, 1.165) is 16.3 Å². The van der Waals surface area contributed by atoms with Gasteiger partial charge in [-0.05, 0) is 31.2 Å². The number of carbonyl (C=O) groups excluding carboxylic acids is 1. The summed E-state index contributed by atoms with van der Waals surface area (Å²) in [5.74, 6) is 0.301. The minimum absolute atomic E-state index is 0.145. The van der Waals surface area contributed by atoms with Gasteiger partial charge >= 0.3 is 0 Å². The third-order valence-electron chi connectivity index (χ3n) is 4.82. The predicted octanol–water partition coefficient (Wildman–Crippen LogP) is 3.14. The van der Waals surface area contributed by atoms with Crippen LogP contribution in [0.4, 0.5) is 21.7 Å². The van der Waals surface area contributed by atoms with E-state index in [-0.39, 0.29) is 17.1 Å². The largest absolute Gasteiger partial charge is 0.456 e. The second-order valence-electron chi connectivity index (χ2n) is 7.20. The zero-order chi connectivity index (χ0) is 23.5. The van der Waals surface area contributed by atoms with E-state index in [2.05, 4.69) is 25.7 Å². The van der Waals surface area contributed by atoms with Gasteiger partial charge in [0.25, 0.3) is 11.5 Å². The van der Waals surface area contributed by atoms with E-state index in [1.807, 2.05) is 13.2 Å². The number of hydrogen-bond acceptors (Lipinski definition) is 7. The molecule has 4 heterocycles. The molecule has 1 amide bonds. The lowest BCUT2D eigenvalue weighted by molar-refractivity contribution is 0.102. The van der Waals surface area contributed by atoms with Gasteiger partial charge in [0.2, 0.25) is 0 Å². The number of rotatable bonds is 6. The average molecular weight is 449 g/mol. The third-order valence-corrected chi connectivity index (χ3v) is 4.82. The molecule has 0 aliphatic heterocycles. The summed E-state index contributed by atoms with van der Waals surface area (Å²) in [6, 6.07) is 7.44. The van der Waals surface area contributed by atoms with Crippen LogP contribution in [0.3, 0.4) is 0 Å². The van der Waals surface area contributed by atoms with Crippen molar-refractivity contribution in [2.24, 2.45) is 14.1 Å². The Morgan fingerprint density at radius 3 is 2.58 bits per heavy atom. The first-order valence-corrected chi connectivity index (χ1v) is 9.83. The number of amides is 1. The molecule has 2 N–H and O–H groups in total. The van der Waals surface area contributed by atoms with E-state index in [1.54, 1.807) is 35.3 Å². The SMILES string of the molecule is Cc1c(F)cc(C(=O)Nc2ccc(Oc3ccnc(Nc4cnn(C)c4)c3)cn2)c(=O)n1C. The fraction of sp³-hybridized carbons (Fsp3) is 0.136. The first-order chi connectivity index (χ1) is 15.8. The van der Waals surface area contributed by atoms with Crippen molar-refractivity contribution in [2.75, 3.05) is 10.6 Å². The Balaban J connectivity index is 1.43. The molecule has 0 aliphatic rings. The lowest BCUT2D eigenvalue weighted by Gasteiger charge is -2.10. The zero-order valence-electron chi connectivity index (χ0n) is 18.0. The number of ether oxygens (including phenoxy) is 1. The maximum atomic E-state index is 13.9. The summed E-state index contributed by atoms with van der Waals surface area (Å²) in [4.78, 5) is 33.1. The van der Waals surface area contributed by atoms with Crippen LogP contribution >= 0.6 is 0 Å².